The number of aromatic nitrogens is 1. The van der Waals surface area contributed by atoms with Crippen LogP contribution in [0, 0.1) is 6.92 Å². The normalized spacial score (nSPS) is 12.4. The molecular formula is C13H17F2N3. The van der Waals surface area contributed by atoms with Gasteiger partial charge in [0.25, 0.3) is 0 Å². The first-order valence-electron chi connectivity index (χ1n) is 5.53. The molecule has 18 heavy (non-hydrogen) atoms. The fraction of sp³-hybridized carbons (Fsp3) is 0.308. The summed E-state index contributed by atoms with van der Waals surface area (Å²) in [6.45, 7) is 7.31. The van der Waals surface area contributed by atoms with Crippen LogP contribution in [0.25, 0.3) is 0 Å². The Morgan fingerprint density at radius 2 is 2.28 bits per heavy atom. The number of hydrogen-bond donors (Lipinski definition) is 2. The molecule has 0 aliphatic rings. The fourth-order valence-corrected chi connectivity index (χ4v) is 1.57. The molecule has 5 heteroatoms. The summed E-state index contributed by atoms with van der Waals surface area (Å²) in [5.74, 6) is 0. The number of alkyl halides is 2. The maximum absolute atomic E-state index is 13.0. The van der Waals surface area contributed by atoms with Crippen molar-refractivity contribution in [2.75, 3.05) is 0 Å². The molecule has 0 saturated heterocycles. The number of aryl methyl sites for hydroxylation is 1. The van der Waals surface area contributed by atoms with Crippen LogP contribution in [-0.4, -0.2) is 11.0 Å². The lowest BCUT2D eigenvalue weighted by atomic mass is 10.1. The van der Waals surface area contributed by atoms with Crippen LogP contribution in [0.3, 0.4) is 0 Å². The van der Waals surface area contributed by atoms with Crippen LogP contribution in [0.5, 0.6) is 0 Å². The maximum Gasteiger partial charge on any atom is 0.328 e. The van der Waals surface area contributed by atoms with Crippen molar-refractivity contribution < 1.29 is 8.78 Å². The first kappa shape index (κ1) is 14.3. The highest BCUT2D eigenvalue weighted by atomic mass is 19.3. The number of nitrogens with two attached hydrogens (primary N) is 1. The number of pyridine rings is 1. The summed E-state index contributed by atoms with van der Waals surface area (Å²) in [4.78, 5) is 4.11. The Hall–Kier alpha value is -1.75. The summed E-state index contributed by atoms with van der Waals surface area (Å²) in [6, 6.07) is 0.280. The number of nitrogens with one attached hydrogen (secondary N) is 1. The molecule has 0 atom stereocenters. The SMILES string of the molecule is C=C(NCc1cccnc1C)/C(=C\C)C(N)(F)F. The van der Waals surface area contributed by atoms with Crippen molar-refractivity contribution in [1.29, 1.82) is 0 Å². The third-order valence-corrected chi connectivity index (χ3v) is 2.58. The average Bonchev–Trinajstić information content (AvgIpc) is 2.27. The Balaban J connectivity index is 2.70. The molecule has 3 nitrogen and oxygen atoms in total. The van der Waals surface area contributed by atoms with E-state index in [9.17, 15) is 8.78 Å². The van der Waals surface area contributed by atoms with E-state index in [1.165, 1.54) is 13.0 Å². The number of nitrogens with zero attached hydrogens (tertiary/aromatic N) is 1. The summed E-state index contributed by atoms with van der Waals surface area (Å²) in [7, 11) is 0. The third-order valence-electron chi connectivity index (χ3n) is 2.58. The van der Waals surface area contributed by atoms with Gasteiger partial charge in [-0.3, -0.25) is 10.7 Å². The summed E-state index contributed by atoms with van der Waals surface area (Å²) in [5, 5.41) is 2.83. The zero-order chi connectivity index (χ0) is 13.8. The second kappa shape index (κ2) is 5.73. The van der Waals surface area contributed by atoms with Crippen molar-refractivity contribution in [3.63, 3.8) is 0 Å². The molecular weight excluding hydrogens is 236 g/mol. The first-order chi connectivity index (χ1) is 8.36. The van der Waals surface area contributed by atoms with Gasteiger partial charge in [0.2, 0.25) is 0 Å². The van der Waals surface area contributed by atoms with Gasteiger partial charge in [-0.1, -0.05) is 18.7 Å². The highest BCUT2D eigenvalue weighted by molar-refractivity contribution is 5.32. The van der Waals surface area contributed by atoms with Gasteiger partial charge >= 0.3 is 6.05 Å². The van der Waals surface area contributed by atoms with Gasteiger partial charge in [0, 0.05) is 24.1 Å². The Bertz CT molecular complexity index is 462. The summed E-state index contributed by atoms with van der Waals surface area (Å²) < 4.78 is 26.1. The quantitative estimate of drug-likeness (QED) is 0.626. The van der Waals surface area contributed by atoms with Crippen molar-refractivity contribution in [1.82, 2.24) is 10.3 Å². The molecule has 0 spiro atoms. The molecule has 1 heterocycles. The van der Waals surface area contributed by atoms with Gasteiger partial charge in [-0.2, -0.15) is 8.78 Å². The van der Waals surface area contributed by atoms with E-state index in [-0.39, 0.29) is 11.3 Å². The van der Waals surface area contributed by atoms with Crippen molar-refractivity contribution in [2.24, 2.45) is 5.73 Å². The molecule has 1 rings (SSSR count). The highest BCUT2D eigenvalue weighted by Gasteiger charge is 2.29. The van der Waals surface area contributed by atoms with E-state index < -0.39 is 6.05 Å². The maximum atomic E-state index is 13.0. The van der Waals surface area contributed by atoms with Gasteiger partial charge in [-0.05, 0) is 25.5 Å². The molecule has 0 aliphatic carbocycles. The van der Waals surface area contributed by atoms with E-state index in [4.69, 9.17) is 5.73 Å². The van der Waals surface area contributed by atoms with E-state index in [1.807, 2.05) is 13.0 Å². The molecule has 98 valence electrons. The fourth-order valence-electron chi connectivity index (χ4n) is 1.57. The molecule has 0 radical (unpaired) electrons. The largest absolute Gasteiger partial charge is 0.381 e. The summed E-state index contributed by atoms with van der Waals surface area (Å²) in [6.07, 6.45) is 2.94. The Morgan fingerprint density at radius 3 is 2.78 bits per heavy atom. The zero-order valence-corrected chi connectivity index (χ0v) is 10.5. The lowest BCUT2D eigenvalue weighted by molar-refractivity contribution is 0.0507. The molecule has 0 aromatic carbocycles. The first-order valence-corrected chi connectivity index (χ1v) is 5.53. The minimum atomic E-state index is -3.39. The molecule has 1 aromatic heterocycles. The third kappa shape index (κ3) is 3.63. The Morgan fingerprint density at radius 1 is 1.61 bits per heavy atom. The van der Waals surface area contributed by atoms with E-state index in [2.05, 4.69) is 16.9 Å². The minimum Gasteiger partial charge on any atom is -0.381 e. The Kier molecular flexibility index (Phi) is 4.55. The van der Waals surface area contributed by atoms with Crippen molar-refractivity contribution in [2.45, 2.75) is 26.4 Å². The lowest BCUT2D eigenvalue weighted by Crippen LogP contribution is -2.34. The van der Waals surface area contributed by atoms with Gasteiger partial charge in [0.05, 0.1) is 5.57 Å². The molecule has 0 saturated carbocycles. The van der Waals surface area contributed by atoms with Gasteiger partial charge < -0.3 is 5.32 Å². The van der Waals surface area contributed by atoms with Crippen LogP contribution in [0.2, 0.25) is 0 Å². The van der Waals surface area contributed by atoms with Crippen molar-refractivity contribution in [3.8, 4) is 0 Å². The number of hydrogen-bond acceptors (Lipinski definition) is 3. The molecule has 1 aromatic rings. The van der Waals surface area contributed by atoms with Crippen molar-refractivity contribution >= 4 is 0 Å². The predicted octanol–water partition coefficient (Wildman–Crippen LogP) is 2.49. The van der Waals surface area contributed by atoms with E-state index in [1.54, 1.807) is 12.3 Å². The van der Waals surface area contributed by atoms with Crippen LogP contribution in [0.1, 0.15) is 18.2 Å². The smallest absolute Gasteiger partial charge is 0.328 e. The van der Waals surface area contributed by atoms with Crippen LogP contribution < -0.4 is 11.1 Å². The topological polar surface area (TPSA) is 50.9 Å². The molecule has 0 fully saturated rings. The molecule has 0 aliphatic heterocycles. The van der Waals surface area contributed by atoms with E-state index in [0.29, 0.717) is 6.54 Å². The molecule has 0 unspecified atom stereocenters. The highest BCUT2D eigenvalue weighted by Crippen LogP contribution is 2.22. The summed E-state index contributed by atoms with van der Waals surface area (Å²) >= 11 is 0. The second-order valence-corrected chi connectivity index (χ2v) is 3.91. The minimum absolute atomic E-state index is 0.119. The van der Waals surface area contributed by atoms with Crippen LogP contribution in [-0.2, 0) is 6.54 Å². The second-order valence-electron chi connectivity index (χ2n) is 3.91. The van der Waals surface area contributed by atoms with Crippen LogP contribution in [0.15, 0.2) is 42.3 Å². The standard InChI is InChI=1S/C13H17F2N3/c1-4-12(13(14,15)16)10(3)18-8-11-6-5-7-17-9(11)2/h4-7,18H,3,8,16H2,1-2H3/b12-4+. The molecule has 0 bridgehead atoms. The van der Waals surface area contributed by atoms with Gasteiger partial charge in [-0.15, -0.1) is 0 Å². The van der Waals surface area contributed by atoms with Gasteiger partial charge in [0.15, 0.2) is 0 Å². The van der Waals surface area contributed by atoms with Crippen molar-refractivity contribution in [3.05, 3.63) is 53.5 Å². The van der Waals surface area contributed by atoms with E-state index in [0.717, 1.165) is 11.3 Å². The predicted molar refractivity (Wildman–Crippen MR) is 67.8 cm³/mol. The monoisotopic (exact) mass is 253 g/mol. The van der Waals surface area contributed by atoms with Gasteiger partial charge in [0.1, 0.15) is 0 Å². The number of allylic oxidation sites excluding steroid dienone is 1. The molecule has 3 N–H and O–H groups in total. The lowest BCUT2D eigenvalue weighted by Gasteiger charge is -2.18. The van der Waals surface area contributed by atoms with E-state index >= 15 is 0 Å². The average molecular weight is 253 g/mol. The summed E-state index contributed by atoms with van der Waals surface area (Å²) in [5.41, 5.74) is 6.36. The molecule has 0 amide bonds. The Labute approximate surface area is 105 Å². The van der Waals surface area contributed by atoms with Crippen LogP contribution >= 0.6 is 0 Å². The number of halogens is 2. The number of rotatable bonds is 5. The van der Waals surface area contributed by atoms with Gasteiger partial charge in [-0.25, -0.2) is 0 Å². The van der Waals surface area contributed by atoms with Crippen LogP contribution in [0.4, 0.5) is 8.78 Å². The zero-order valence-electron chi connectivity index (χ0n) is 10.5.